The van der Waals surface area contributed by atoms with Crippen LogP contribution in [-0.2, 0) is 4.79 Å². The summed E-state index contributed by atoms with van der Waals surface area (Å²) in [7, 11) is 0. The third-order valence-electron chi connectivity index (χ3n) is 4.76. The standard InChI is InChI=1S/C21H19Cl3N2O3/c22-16-3-1-14(2-4-16)19(27)5-6-20(28)25-7-9-26(10-8-25)21(29)15-11-17(23)13-18(24)12-15/h1-4,11-13H,5-10H2. The maximum Gasteiger partial charge on any atom is 0.254 e. The number of carbonyl (C=O) groups excluding carboxylic acids is 3. The molecule has 0 atom stereocenters. The van der Waals surface area contributed by atoms with Gasteiger partial charge in [-0.15, -0.1) is 0 Å². The molecule has 5 nitrogen and oxygen atoms in total. The van der Waals surface area contributed by atoms with Crippen LogP contribution in [0.5, 0.6) is 0 Å². The van der Waals surface area contributed by atoms with Crippen molar-refractivity contribution in [1.82, 2.24) is 9.80 Å². The number of piperazine rings is 1. The first-order valence-corrected chi connectivity index (χ1v) is 10.3. The van der Waals surface area contributed by atoms with E-state index in [-0.39, 0.29) is 30.4 Å². The minimum absolute atomic E-state index is 0.0924. The summed E-state index contributed by atoms with van der Waals surface area (Å²) in [6, 6.07) is 11.3. The van der Waals surface area contributed by atoms with E-state index < -0.39 is 0 Å². The topological polar surface area (TPSA) is 57.7 Å². The van der Waals surface area contributed by atoms with Crippen molar-refractivity contribution in [1.29, 1.82) is 0 Å². The lowest BCUT2D eigenvalue weighted by molar-refractivity contribution is -0.132. The molecule has 8 heteroatoms. The average molecular weight is 454 g/mol. The van der Waals surface area contributed by atoms with Crippen molar-refractivity contribution in [3.63, 3.8) is 0 Å². The van der Waals surface area contributed by atoms with Gasteiger partial charge in [-0.3, -0.25) is 14.4 Å². The van der Waals surface area contributed by atoms with Crippen LogP contribution >= 0.6 is 34.8 Å². The lowest BCUT2D eigenvalue weighted by atomic mass is 10.1. The highest BCUT2D eigenvalue weighted by molar-refractivity contribution is 6.35. The van der Waals surface area contributed by atoms with Crippen molar-refractivity contribution in [2.75, 3.05) is 26.2 Å². The highest BCUT2D eigenvalue weighted by atomic mass is 35.5. The second-order valence-electron chi connectivity index (χ2n) is 6.76. The van der Waals surface area contributed by atoms with Gasteiger partial charge >= 0.3 is 0 Å². The lowest BCUT2D eigenvalue weighted by Gasteiger charge is -2.35. The van der Waals surface area contributed by atoms with Crippen molar-refractivity contribution in [3.8, 4) is 0 Å². The number of carbonyl (C=O) groups is 3. The monoisotopic (exact) mass is 452 g/mol. The number of ketones is 1. The Morgan fingerprint density at radius 3 is 1.83 bits per heavy atom. The van der Waals surface area contributed by atoms with Crippen LogP contribution < -0.4 is 0 Å². The fourth-order valence-corrected chi connectivity index (χ4v) is 3.83. The second kappa shape index (κ2) is 9.61. The average Bonchev–Trinajstić information content (AvgIpc) is 2.71. The van der Waals surface area contributed by atoms with Gasteiger partial charge in [0.25, 0.3) is 5.91 Å². The molecule has 2 aromatic rings. The van der Waals surface area contributed by atoms with E-state index in [0.717, 1.165) is 0 Å². The molecular weight excluding hydrogens is 435 g/mol. The number of hydrogen-bond donors (Lipinski definition) is 0. The summed E-state index contributed by atoms with van der Waals surface area (Å²) in [4.78, 5) is 40.6. The fraction of sp³-hybridized carbons (Fsp3) is 0.286. The maximum atomic E-state index is 12.6. The molecule has 29 heavy (non-hydrogen) atoms. The van der Waals surface area contributed by atoms with Crippen LogP contribution in [0.3, 0.4) is 0 Å². The van der Waals surface area contributed by atoms with Gasteiger partial charge < -0.3 is 9.80 Å². The summed E-state index contributed by atoms with van der Waals surface area (Å²) >= 11 is 17.8. The van der Waals surface area contributed by atoms with Gasteiger partial charge in [0.05, 0.1) is 0 Å². The number of nitrogens with zero attached hydrogens (tertiary/aromatic N) is 2. The summed E-state index contributed by atoms with van der Waals surface area (Å²) in [5.41, 5.74) is 0.966. The lowest BCUT2D eigenvalue weighted by Crippen LogP contribution is -2.50. The first-order chi connectivity index (χ1) is 13.8. The predicted octanol–water partition coefficient (Wildman–Crippen LogP) is 4.59. The highest BCUT2D eigenvalue weighted by Gasteiger charge is 2.25. The van der Waals surface area contributed by atoms with Gasteiger partial charge in [0.1, 0.15) is 0 Å². The van der Waals surface area contributed by atoms with Gasteiger partial charge in [0.2, 0.25) is 5.91 Å². The molecule has 0 aliphatic carbocycles. The van der Waals surface area contributed by atoms with Gasteiger partial charge in [0, 0.05) is 65.2 Å². The Morgan fingerprint density at radius 1 is 0.690 bits per heavy atom. The van der Waals surface area contributed by atoms with Crippen molar-refractivity contribution >= 4 is 52.4 Å². The SMILES string of the molecule is O=C(CCC(=O)N1CCN(C(=O)c2cc(Cl)cc(Cl)c2)CC1)c1ccc(Cl)cc1. The molecule has 0 saturated carbocycles. The normalized spacial score (nSPS) is 14.0. The predicted molar refractivity (Wildman–Crippen MR) is 114 cm³/mol. The molecular formula is C21H19Cl3N2O3. The van der Waals surface area contributed by atoms with Crippen molar-refractivity contribution in [2.24, 2.45) is 0 Å². The van der Waals surface area contributed by atoms with E-state index >= 15 is 0 Å². The first kappa shape index (κ1) is 21.6. The summed E-state index contributed by atoms with van der Waals surface area (Å²) in [6.45, 7) is 1.68. The zero-order valence-electron chi connectivity index (χ0n) is 15.5. The number of rotatable bonds is 5. The van der Waals surface area contributed by atoms with Crippen LogP contribution in [0.4, 0.5) is 0 Å². The molecule has 3 rings (SSSR count). The number of hydrogen-bond acceptors (Lipinski definition) is 3. The van der Waals surface area contributed by atoms with E-state index in [0.29, 0.717) is 52.4 Å². The maximum absolute atomic E-state index is 12.6. The van der Waals surface area contributed by atoms with Gasteiger partial charge in [-0.25, -0.2) is 0 Å². The Bertz CT molecular complexity index is 903. The third kappa shape index (κ3) is 5.72. The Hall–Kier alpha value is -2.08. The number of benzene rings is 2. The van der Waals surface area contributed by atoms with Crippen LogP contribution in [0.25, 0.3) is 0 Å². The second-order valence-corrected chi connectivity index (χ2v) is 8.07. The summed E-state index contributed by atoms with van der Waals surface area (Å²) in [5.74, 6) is -0.355. The van der Waals surface area contributed by atoms with E-state index in [1.165, 1.54) is 0 Å². The molecule has 0 bridgehead atoms. The minimum Gasteiger partial charge on any atom is -0.339 e. The van der Waals surface area contributed by atoms with E-state index in [9.17, 15) is 14.4 Å². The van der Waals surface area contributed by atoms with Crippen molar-refractivity contribution in [2.45, 2.75) is 12.8 Å². The highest BCUT2D eigenvalue weighted by Crippen LogP contribution is 2.21. The molecule has 0 spiro atoms. The van der Waals surface area contributed by atoms with Gasteiger partial charge in [0.15, 0.2) is 5.78 Å². The van der Waals surface area contributed by atoms with Gasteiger partial charge in [-0.2, -0.15) is 0 Å². The quantitative estimate of drug-likeness (QED) is 0.622. The summed E-state index contributed by atoms with van der Waals surface area (Å²) in [5, 5.41) is 1.37. The molecule has 1 saturated heterocycles. The van der Waals surface area contributed by atoms with Gasteiger partial charge in [-0.1, -0.05) is 34.8 Å². The van der Waals surface area contributed by atoms with Crippen LogP contribution in [-0.4, -0.2) is 53.6 Å². The van der Waals surface area contributed by atoms with Crippen LogP contribution in [0, 0.1) is 0 Å². The van der Waals surface area contributed by atoms with E-state index in [4.69, 9.17) is 34.8 Å². The minimum atomic E-state index is -0.167. The molecule has 0 N–H and O–H groups in total. The Kier molecular flexibility index (Phi) is 7.17. The molecule has 152 valence electrons. The van der Waals surface area contributed by atoms with Gasteiger partial charge in [-0.05, 0) is 42.5 Å². The number of amides is 2. The summed E-state index contributed by atoms with van der Waals surface area (Å²) < 4.78 is 0. The van der Waals surface area contributed by atoms with Crippen molar-refractivity contribution < 1.29 is 14.4 Å². The van der Waals surface area contributed by atoms with Crippen LogP contribution in [0.1, 0.15) is 33.6 Å². The Balaban J connectivity index is 1.49. The Labute approximate surface area is 184 Å². The first-order valence-electron chi connectivity index (χ1n) is 9.15. The number of halogens is 3. The molecule has 2 amide bonds. The smallest absolute Gasteiger partial charge is 0.254 e. The van der Waals surface area contributed by atoms with Crippen LogP contribution in [0.15, 0.2) is 42.5 Å². The molecule has 1 aliphatic heterocycles. The summed E-state index contributed by atoms with van der Waals surface area (Å²) in [6.07, 6.45) is 0.278. The van der Waals surface area contributed by atoms with E-state index in [1.807, 2.05) is 0 Å². The van der Waals surface area contributed by atoms with Crippen molar-refractivity contribution in [3.05, 3.63) is 68.7 Å². The molecule has 1 aliphatic rings. The zero-order chi connectivity index (χ0) is 21.0. The number of Topliss-reactive ketones (excluding diaryl/α,β-unsaturated/α-hetero) is 1. The van der Waals surface area contributed by atoms with E-state index in [1.54, 1.807) is 52.3 Å². The molecule has 0 radical (unpaired) electrons. The fourth-order valence-electron chi connectivity index (χ4n) is 3.18. The molecule has 2 aromatic carbocycles. The molecule has 1 heterocycles. The molecule has 1 fully saturated rings. The third-order valence-corrected chi connectivity index (χ3v) is 5.45. The molecule has 0 unspecified atom stereocenters. The van der Waals surface area contributed by atoms with E-state index in [2.05, 4.69) is 0 Å². The zero-order valence-corrected chi connectivity index (χ0v) is 17.8. The Morgan fingerprint density at radius 2 is 1.24 bits per heavy atom. The molecule has 0 aromatic heterocycles. The largest absolute Gasteiger partial charge is 0.339 e. The van der Waals surface area contributed by atoms with Crippen LogP contribution in [0.2, 0.25) is 15.1 Å².